The Hall–Kier alpha value is -2.90. The van der Waals surface area contributed by atoms with Gasteiger partial charge in [-0.1, -0.05) is 18.2 Å². The molecule has 7 nitrogen and oxygen atoms in total. The van der Waals surface area contributed by atoms with Gasteiger partial charge in [0.05, 0.1) is 18.5 Å². The summed E-state index contributed by atoms with van der Waals surface area (Å²) in [7, 11) is 1.65. The maximum Gasteiger partial charge on any atom is 0.223 e. The Kier molecular flexibility index (Phi) is 6.61. The number of para-hydroxylation sites is 1. The monoisotopic (exact) mass is 407 g/mol. The first-order chi connectivity index (χ1) is 14.8. The molecular weight excluding hydrogens is 378 g/mol. The van der Waals surface area contributed by atoms with Crippen LogP contribution in [0, 0.1) is 5.92 Å². The molecule has 1 N–H and O–H groups in total. The molecule has 1 saturated heterocycles. The van der Waals surface area contributed by atoms with E-state index < -0.39 is 0 Å². The minimum Gasteiger partial charge on any atom is -0.383 e. The molecule has 1 aliphatic heterocycles. The number of nitrogens with zero attached hydrogens (tertiary/aromatic N) is 4. The standard InChI is InChI=1S/C23H29N5O2/c1-30-16-11-24-22(29)19-9-14-26(15-10-19)18-20-17-25-28(21-7-3-2-4-8-21)23(20)27-12-5-6-13-27/h2-8,12-13,17,19H,9-11,14-16,18H2,1H3,(H,24,29). The second-order valence-electron chi connectivity index (χ2n) is 7.67. The Morgan fingerprint density at radius 2 is 1.87 bits per heavy atom. The van der Waals surface area contributed by atoms with Crippen molar-refractivity contribution >= 4 is 5.91 Å². The Morgan fingerprint density at radius 3 is 2.57 bits per heavy atom. The summed E-state index contributed by atoms with van der Waals surface area (Å²) >= 11 is 0. The van der Waals surface area contributed by atoms with Gasteiger partial charge in [-0.15, -0.1) is 0 Å². The van der Waals surface area contributed by atoms with E-state index in [1.54, 1.807) is 7.11 Å². The molecule has 30 heavy (non-hydrogen) atoms. The third-order valence-corrected chi connectivity index (χ3v) is 5.62. The van der Waals surface area contributed by atoms with E-state index >= 15 is 0 Å². The van der Waals surface area contributed by atoms with Crippen LogP contribution in [0.3, 0.4) is 0 Å². The molecule has 1 aliphatic rings. The van der Waals surface area contributed by atoms with Gasteiger partial charge in [0.1, 0.15) is 5.82 Å². The molecule has 158 valence electrons. The number of aromatic nitrogens is 3. The van der Waals surface area contributed by atoms with Crippen LogP contribution < -0.4 is 5.32 Å². The lowest BCUT2D eigenvalue weighted by Crippen LogP contribution is -2.41. The van der Waals surface area contributed by atoms with Crippen molar-refractivity contribution in [1.82, 2.24) is 24.6 Å². The van der Waals surface area contributed by atoms with Crippen molar-refractivity contribution in [1.29, 1.82) is 0 Å². The number of rotatable bonds is 8. The number of nitrogens with one attached hydrogen (secondary N) is 1. The molecule has 3 aromatic rings. The molecule has 0 bridgehead atoms. The number of methoxy groups -OCH3 is 1. The lowest BCUT2D eigenvalue weighted by Gasteiger charge is -2.31. The molecule has 1 amide bonds. The quantitative estimate of drug-likeness (QED) is 0.583. The van der Waals surface area contributed by atoms with Gasteiger partial charge in [-0.05, 0) is 50.2 Å². The minimum absolute atomic E-state index is 0.0917. The van der Waals surface area contributed by atoms with Crippen LogP contribution in [0.4, 0.5) is 0 Å². The van der Waals surface area contributed by atoms with Crippen molar-refractivity contribution in [2.24, 2.45) is 5.92 Å². The van der Waals surface area contributed by atoms with Crippen LogP contribution in [0.25, 0.3) is 11.5 Å². The lowest BCUT2D eigenvalue weighted by molar-refractivity contribution is -0.126. The molecule has 1 aromatic carbocycles. The topological polar surface area (TPSA) is 64.3 Å². The van der Waals surface area contributed by atoms with Gasteiger partial charge in [0.2, 0.25) is 5.91 Å². The van der Waals surface area contributed by atoms with E-state index in [1.165, 1.54) is 5.56 Å². The predicted molar refractivity (Wildman–Crippen MR) is 116 cm³/mol. The molecule has 2 aromatic heterocycles. The first kappa shape index (κ1) is 20.4. The average molecular weight is 408 g/mol. The first-order valence-corrected chi connectivity index (χ1v) is 10.5. The molecule has 0 saturated carbocycles. The fraction of sp³-hybridized carbons (Fsp3) is 0.391. The fourth-order valence-corrected chi connectivity index (χ4v) is 4.01. The van der Waals surface area contributed by atoms with Gasteiger partial charge in [-0.3, -0.25) is 9.69 Å². The maximum atomic E-state index is 12.3. The molecule has 0 radical (unpaired) electrons. The average Bonchev–Trinajstić information content (AvgIpc) is 3.45. The molecule has 0 unspecified atom stereocenters. The highest BCUT2D eigenvalue weighted by molar-refractivity contribution is 5.78. The van der Waals surface area contributed by atoms with Gasteiger partial charge < -0.3 is 14.6 Å². The van der Waals surface area contributed by atoms with Crippen molar-refractivity contribution in [2.75, 3.05) is 33.4 Å². The number of hydrogen-bond acceptors (Lipinski definition) is 4. The Balaban J connectivity index is 1.45. The third-order valence-electron chi connectivity index (χ3n) is 5.62. The molecule has 7 heteroatoms. The number of likely N-dealkylation sites (tertiary alicyclic amines) is 1. The van der Waals surface area contributed by atoms with E-state index in [-0.39, 0.29) is 11.8 Å². The Morgan fingerprint density at radius 1 is 1.13 bits per heavy atom. The number of carbonyl (C=O) groups is 1. The van der Waals surface area contributed by atoms with Crippen molar-refractivity contribution in [3.8, 4) is 11.5 Å². The van der Waals surface area contributed by atoms with E-state index in [0.717, 1.165) is 44.0 Å². The molecular formula is C23H29N5O2. The Bertz CT molecular complexity index is 928. The van der Waals surface area contributed by atoms with Crippen molar-refractivity contribution in [3.05, 3.63) is 66.6 Å². The van der Waals surface area contributed by atoms with Gasteiger partial charge in [0.15, 0.2) is 0 Å². The van der Waals surface area contributed by atoms with Crippen LogP contribution in [0.1, 0.15) is 18.4 Å². The number of carbonyl (C=O) groups excluding carboxylic acids is 1. The van der Waals surface area contributed by atoms with Gasteiger partial charge in [-0.2, -0.15) is 5.10 Å². The van der Waals surface area contributed by atoms with Crippen LogP contribution in [-0.4, -0.2) is 58.5 Å². The lowest BCUT2D eigenvalue weighted by atomic mass is 9.95. The van der Waals surface area contributed by atoms with Crippen LogP contribution in [0.2, 0.25) is 0 Å². The van der Waals surface area contributed by atoms with Crippen LogP contribution in [-0.2, 0) is 16.1 Å². The largest absolute Gasteiger partial charge is 0.383 e. The van der Waals surface area contributed by atoms with E-state index in [2.05, 4.69) is 44.4 Å². The van der Waals surface area contributed by atoms with Gasteiger partial charge >= 0.3 is 0 Å². The fourth-order valence-electron chi connectivity index (χ4n) is 4.01. The highest BCUT2D eigenvalue weighted by Gasteiger charge is 2.26. The van der Waals surface area contributed by atoms with Crippen LogP contribution in [0.5, 0.6) is 0 Å². The number of piperidine rings is 1. The second kappa shape index (κ2) is 9.73. The molecule has 0 atom stereocenters. The number of benzene rings is 1. The summed E-state index contributed by atoms with van der Waals surface area (Å²) in [6.45, 7) is 3.76. The SMILES string of the molecule is COCCNC(=O)C1CCN(Cc2cnn(-c3ccccc3)c2-n2cccc2)CC1. The van der Waals surface area contributed by atoms with Crippen LogP contribution >= 0.6 is 0 Å². The van der Waals surface area contributed by atoms with Gasteiger partial charge in [0.25, 0.3) is 0 Å². The second-order valence-corrected chi connectivity index (χ2v) is 7.67. The number of amides is 1. The summed E-state index contributed by atoms with van der Waals surface area (Å²) in [6.07, 6.45) is 7.83. The Labute approximate surface area is 177 Å². The summed E-state index contributed by atoms with van der Waals surface area (Å²) in [4.78, 5) is 14.7. The molecule has 0 spiro atoms. The van der Waals surface area contributed by atoms with Crippen molar-refractivity contribution < 1.29 is 9.53 Å². The normalized spacial score (nSPS) is 15.4. The van der Waals surface area contributed by atoms with Gasteiger partial charge in [-0.25, -0.2) is 4.68 Å². The molecule has 0 aliphatic carbocycles. The molecule has 4 rings (SSSR count). The smallest absolute Gasteiger partial charge is 0.223 e. The maximum absolute atomic E-state index is 12.3. The van der Waals surface area contributed by atoms with E-state index in [1.807, 2.05) is 41.2 Å². The highest BCUT2D eigenvalue weighted by atomic mass is 16.5. The van der Waals surface area contributed by atoms with Crippen molar-refractivity contribution in [3.63, 3.8) is 0 Å². The summed E-state index contributed by atoms with van der Waals surface area (Å²) in [5.74, 6) is 1.30. The zero-order valence-electron chi connectivity index (χ0n) is 17.4. The third kappa shape index (κ3) is 4.63. The summed E-state index contributed by atoms with van der Waals surface area (Å²) in [5, 5.41) is 7.65. The first-order valence-electron chi connectivity index (χ1n) is 10.5. The molecule has 3 heterocycles. The number of ether oxygens (including phenoxy) is 1. The van der Waals surface area contributed by atoms with E-state index in [0.29, 0.717) is 13.2 Å². The minimum atomic E-state index is 0.0917. The van der Waals surface area contributed by atoms with Crippen molar-refractivity contribution in [2.45, 2.75) is 19.4 Å². The van der Waals surface area contributed by atoms with E-state index in [4.69, 9.17) is 4.74 Å². The zero-order chi connectivity index (χ0) is 20.8. The number of hydrogen-bond donors (Lipinski definition) is 1. The van der Waals surface area contributed by atoms with Crippen LogP contribution in [0.15, 0.2) is 61.1 Å². The summed E-state index contributed by atoms with van der Waals surface area (Å²) in [6, 6.07) is 14.3. The highest BCUT2D eigenvalue weighted by Crippen LogP contribution is 2.24. The summed E-state index contributed by atoms with van der Waals surface area (Å²) < 4.78 is 9.11. The van der Waals surface area contributed by atoms with Gasteiger partial charge in [0, 0.05) is 44.1 Å². The zero-order valence-corrected chi connectivity index (χ0v) is 17.4. The van der Waals surface area contributed by atoms with E-state index in [9.17, 15) is 4.79 Å². The summed E-state index contributed by atoms with van der Waals surface area (Å²) in [5.41, 5.74) is 2.22. The molecule has 1 fully saturated rings. The predicted octanol–water partition coefficient (Wildman–Crippen LogP) is 2.64.